The van der Waals surface area contributed by atoms with Gasteiger partial charge in [0, 0.05) is 46.0 Å². The summed E-state index contributed by atoms with van der Waals surface area (Å²) >= 11 is 0. The number of fused-ring (bicyclic) bond motifs is 1. The Balaban J connectivity index is 0.00000280. The van der Waals surface area contributed by atoms with Crippen molar-refractivity contribution in [3.8, 4) is 0 Å². The number of aliphatic hydroxyl groups is 1. The fourth-order valence-electron chi connectivity index (χ4n) is 3.35. The number of aliphatic imine (C=N–C) groups is 1. The van der Waals surface area contributed by atoms with Gasteiger partial charge in [0.2, 0.25) is 0 Å². The Bertz CT molecular complexity index is 763. The molecule has 1 aromatic carbocycles. The number of aryl methyl sites for hydroxylation is 1. The predicted octanol–water partition coefficient (Wildman–Crippen LogP) is 1.51. The van der Waals surface area contributed by atoms with Gasteiger partial charge in [-0.25, -0.2) is 4.99 Å². The van der Waals surface area contributed by atoms with E-state index in [1.165, 1.54) is 11.1 Å². The summed E-state index contributed by atoms with van der Waals surface area (Å²) in [4.78, 5) is 6.89. The van der Waals surface area contributed by atoms with Crippen LogP contribution < -0.4 is 10.6 Å². The quantitative estimate of drug-likeness (QED) is 0.307. The molecule has 0 fully saturated rings. The molecule has 28 heavy (non-hydrogen) atoms. The summed E-state index contributed by atoms with van der Waals surface area (Å²) in [6, 6.07) is 10.5. The second-order valence-corrected chi connectivity index (χ2v) is 6.93. The first-order valence-electron chi connectivity index (χ1n) is 9.62. The van der Waals surface area contributed by atoms with Crippen molar-refractivity contribution in [3.63, 3.8) is 0 Å². The maximum atomic E-state index is 10.5. The number of nitrogens with one attached hydrogen (secondary N) is 2. The third-order valence-corrected chi connectivity index (χ3v) is 4.85. The maximum Gasteiger partial charge on any atom is 0.191 e. The monoisotopic (exact) mass is 498 g/mol. The first-order chi connectivity index (χ1) is 13.2. The molecule has 1 aliphatic rings. The van der Waals surface area contributed by atoms with E-state index < -0.39 is 6.10 Å². The van der Waals surface area contributed by atoms with E-state index in [1.54, 1.807) is 6.20 Å². The molecule has 0 aliphatic carbocycles. The average molecular weight is 498 g/mol. The molecule has 0 amide bonds. The van der Waals surface area contributed by atoms with Gasteiger partial charge in [0.15, 0.2) is 5.96 Å². The van der Waals surface area contributed by atoms with Gasteiger partial charge in [-0.2, -0.15) is 5.10 Å². The Morgan fingerprint density at radius 1 is 1.25 bits per heavy atom. The number of halogens is 1. The third kappa shape index (κ3) is 6.46. The highest BCUT2D eigenvalue weighted by molar-refractivity contribution is 14.0. The molecule has 3 rings (SSSR count). The highest BCUT2D eigenvalue weighted by atomic mass is 127. The molecule has 0 spiro atoms. The van der Waals surface area contributed by atoms with Gasteiger partial charge >= 0.3 is 0 Å². The van der Waals surface area contributed by atoms with Crippen LogP contribution in [0.2, 0.25) is 0 Å². The van der Waals surface area contributed by atoms with Crippen molar-refractivity contribution >= 4 is 29.9 Å². The van der Waals surface area contributed by atoms with Crippen LogP contribution in [0.25, 0.3) is 0 Å². The fourth-order valence-corrected chi connectivity index (χ4v) is 3.35. The lowest BCUT2D eigenvalue weighted by Gasteiger charge is -2.30. The molecule has 1 unspecified atom stereocenters. The van der Waals surface area contributed by atoms with E-state index in [2.05, 4.69) is 49.9 Å². The molecule has 1 atom stereocenters. The van der Waals surface area contributed by atoms with Crippen molar-refractivity contribution < 1.29 is 5.11 Å². The largest absolute Gasteiger partial charge is 0.390 e. The van der Waals surface area contributed by atoms with Crippen LogP contribution in [0.5, 0.6) is 0 Å². The van der Waals surface area contributed by atoms with Crippen LogP contribution in [-0.4, -0.2) is 58.0 Å². The normalized spacial score (nSPS) is 15.5. The van der Waals surface area contributed by atoms with Crippen molar-refractivity contribution in [2.24, 2.45) is 12.0 Å². The second kappa shape index (κ2) is 11.4. The molecule has 1 aromatic heterocycles. The van der Waals surface area contributed by atoms with E-state index >= 15 is 0 Å². The lowest BCUT2D eigenvalue weighted by Crippen LogP contribution is -2.45. The smallest absolute Gasteiger partial charge is 0.191 e. The number of hydrogen-bond acceptors (Lipinski definition) is 4. The highest BCUT2D eigenvalue weighted by Crippen LogP contribution is 2.18. The number of benzene rings is 1. The van der Waals surface area contributed by atoms with Crippen molar-refractivity contribution in [1.82, 2.24) is 25.3 Å². The zero-order valence-corrected chi connectivity index (χ0v) is 19.0. The Morgan fingerprint density at radius 3 is 2.75 bits per heavy atom. The van der Waals surface area contributed by atoms with Gasteiger partial charge in [-0.05, 0) is 30.5 Å². The lowest BCUT2D eigenvalue weighted by molar-refractivity contribution is 0.108. The van der Waals surface area contributed by atoms with Gasteiger partial charge < -0.3 is 15.7 Å². The predicted molar refractivity (Wildman–Crippen MR) is 123 cm³/mol. The van der Waals surface area contributed by atoms with E-state index in [4.69, 9.17) is 0 Å². The number of β-amino-alcohol motifs (C(OH)–C–C–N with tert-alkyl or cyclic N) is 1. The van der Waals surface area contributed by atoms with Crippen LogP contribution in [0.4, 0.5) is 0 Å². The van der Waals surface area contributed by atoms with Crippen molar-refractivity contribution in [1.29, 1.82) is 0 Å². The molecule has 1 aliphatic heterocycles. The summed E-state index contributed by atoms with van der Waals surface area (Å²) in [6.07, 6.45) is 2.37. The topological polar surface area (TPSA) is 77.7 Å². The average Bonchev–Trinajstić information content (AvgIpc) is 3.09. The van der Waals surface area contributed by atoms with Gasteiger partial charge in [-0.1, -0.05) is 24.3 Å². The standard InChI is InChI=1S/C20H30N6O.HI/c1-3-21-20(22-12-18-8-10-24-25(18)2)23-13-19(27)15-26-11-9-16-6-4-5-7-17(16)14-26;/h4-8,10,19,27H,3,9,11-15H2,1-2H3,(H2,21,22,23);1H. The molecule has 0 bridgehead atoms. The molecule has 7 nitrogen and oxygen atoms in total. The van der Waals surface area contributed by atoms with E-state index in [1.807, 2.05) is 24.7 Å². The zero-order valence-electron chi connectivity index (χ0n) is 16.6. The summed E-state index contributed by atoms with van der Waals surface area (Å²) in [6.45, 7) is 6.37. The molecular weight excluding hydrogens is 467 g/mol. The van der Waals surface area contributed by atoms with Crippen LogP contribution in [0.15, 0.2) is 41.5 Å². The van der Waals surface area contributed by atoms with Crippen LogP contribution in [-0.2, 0) is 26.6 Å². The third-order valence-electron chi connectivity index (χ3n) is 4.85. The summed E-state index contributed by atoms with van der Waals surface area (Å²) in [5.74, 6) is 0.710. The number of rotatable bonds is 7. The second-order valence-electron chi connectivity index (χ2n) is 6.93. The molecule has 8 heteroatoms. The first-order valence-corrected chi connectivity index (χ1v) is 9.62. The van der Waals surface area contributed by atoms with Crippen LogP contribution in [0, 0.1) is 0 Å². The van der Waals surface area contributed by atoms with E-state index in [0.29, 0.717) is 25.6 Å². The van der Waals surface area contributed by atoms with Crippen molar-refractivity contribution in [3.05, 3.63) is 53.3 Å². The number of aromatic nitrogens is 2. The van der Waals surface area contributed by atoms with Gasteiger partial charge in [-0.15, -0.1) is 24.0 Å². The number of aliphatic hydroxyl groups excluding tert-OH is 1. The molecule has 0 saturated heterocycles. The molecule has 0 radical (unpaired) electrons. The van der Waals surface area contributed by atoms with Gasteiger partial charge in [0.25, 0.3) is 0 Å². The van der Waals surface area contributed by atoms with Crippen LogP contribution in [0.1, 0.15) is 23.7 Å². The molecule has 3 N–H and O–H groups in total. The number of nitrogens with zero attached hydrogens (tertiary/aromatic N) is 4. The summed E-state index contributed by atoms with van der Waals surface area (Å²) < 4.78 is 1.82. The molecular formula is C20H31IN6O. The minimum absolute atomic E-state index is 0. The summed E-state index contributed by atoms with van der Waals surface area (Å²) in [5, 5.41) is 21.1. The van der Waals surface area contributed by atoms with Crippen molar-refractivity contribution in [2.75, 3.05) is 26.2 Å². The minimum atomic E-state index is -0.448. The minimum Gasteiger partial charge on any atom is -0.390 e. The van der Waals surface area contributed by atoms with Gasteiger partial charge in [0.05, 0.1) is 18.3 Å². The van der Waals surface area contributed by atoms with E-state index in [9.17, 15) is 5.11 Å². The number of hydrogen-bond donors (Lipinski definition) is 3. The fraction of sp³-hybridized carbons (Fsp3) is 0.500. The van der Waals surface area contributed by atoms with E-state index in [-0.39, 0.29) is 24.0 Å². The van der Waals surface area contributed by atoms with Crippen molar-refractivity contribution in [2.45, 2.75) is 32.5 Å². The van der Waals surface area contributed by atoms with Gasteiger partial charge in [0.1, 0.15) is 0 Å². The number of guanidine groups is 1. The Labute approximate surface area is 184 Å². The van der Waals surface area contributed by atoms with Gasteiger partial charge in [-0.3, -0.25) is 9.58 Å². The summed E-state index contributed by atoms with van der Waals surface area (Å²) in [7, 11) is 1.91. The first kappa shape index (κ1) is 22.6. The maximum absolute atomic E-state index is 10.5. The molecule has 154 valence electrons. The highest BCUT2D eigenvalue weighted by Gasteiger charge is 2.18. The molecule has 2 aromatic rings. The molecule has 0 saturated carbocycles. The molecule has 2 heterocycles. The SMILES string of the molecule is CCNC(=NCc1ccnn1C)NCC(O)CN1CCc2ccccc2C1.I. The van der Waals surface area contributed by atoms with Crippen LogP contribution >= 0.6 is 24.0 Å². The van der Waals surface area contributed by atoms with E-state index in [0.717, 1.165) is 31.7 Å². The Hall–Kier alpha value is -1.65. The zero-order chi connectivity index (χ0) is 19.1. The Morgan fingerprint density at radius 2 is 2.04 bits per heavy atom. The Kier molecular flexibility index (Phi) is 9.20. The lowest BCUT2D eigenvalue weighted by atomic mass is 10.00. The van der Waals surface area contributed by atoms with Crippen LogP contribution in [0.3, 0.4) is 0 Å². The summed E-state index contributed by atoms with van der Waals surface area (Å²) in [5.41, 5.74) is 3.84.